The summed E-state index contributed by atoms with van der Waals surface area (Å²) in [6, 6.07) is 10.1. The summed E-state index contributed by atoms with van der Waals surface area (Å²) in [5, 5.41) is 3.42. The second kappa shape index (κ2) is 13.0. The maximum absolute atomic E-state index is 13.4. The summed E-state index contributed by atoms with van der Waals surface area (Å²) >= 11 is 5.98. The fraction of sp³-hybridized carbons (Fsp3) is 0.481. The van der Waals surface area contributed by atoms with Gasteiger partial charge in [0.05, 0.1) is 17.5 Å². The molecule has 0 saturated carbocycles. The van der Waals surface area contributed by atoms with E-state index in [1.54, 1.807) is 31.2 Å². The molecule has 1 N–H and O–H groups in total. The minimum absolute atomic E-state index is 0.0244. The van der Waals surface area contributed by atoms with Crippen molar-refractivity contribution < 1.29 is 31.2 Å². The smallest absolute Gasteiger partial charge is 0.350 e. The molecular formula is C27H35ClF3N3O4S. The number of hydrogen-bond donors (Lipinski definition) is 1. The van der Waals surface area contributed by atoms with Crippen LogP contribution >= 0.6 is 11.6 Å². The van der Waals surface area contributed by atoms with Crippen LogP contribution in [0, 0.1) is 0 Å². The van der Waals surface area contributed by atoms with Crippen LogP contribution in [0.5, 0.6) is 0 Å². The van der Waals surface area contributed by atoms with Crippen molar-refractivity contribution in [1.29, 1.82) is 0 Å². The second-order valence-corrected chi connectivity index (χ2v) is 12.6. The van der Waals surface area contributed by atoms with Crippen LogP contribution in [-0.2, 0) is 32.3 Å². The molecule has 0 aliphatic carbocycles. The monoisotopic (exact) mass is 589 g/mol. The van der Waals surface area contributed by atoms with Gasteiger partial charge in [-0.3, -0.25) is 13.9 Å². The van der Waals surface area contributed by atoms with Gasteiger partial charge in [-0.15, -0.1) is 0 Å². The summed E-state index contributed by atoms with van der Waals surface area (Å²) in [6.07, 6.45) is -3.51. The number of hydrogen-bond acceptors (Lipinski definition) is 4. The van der Waals surface area contributed by atoms with Crippen molar-refractivity contribution >= 4 is 39.1 Å². The number of alkyl halides is 3. The van der Waals surface area contributed by atoms with Crippen LogP contribution < -0.4 is 9.62 Å². The molecule has 2 aromatic carbocycles. The highest BCUT2D eigenvalue weighted by Gasteiger charge is 2.32. The molecule has 0 fully saturated rings. The average Bonchev–Trinajstić information content (AvgIpc) is 2.80. The zero-order chi connectivity index (χ0) is 29.6. The topological polar surface area (TPSA) is 86.8 Å². The molecule has 0 aliphatic heterocycles. The molecule has 7 nitrogen and oxygen atoms in total. The van der Waals surface area contributed by atoms with E-state index in [0.717, 1.165) is 34.3 Å². The van der Waals surface area contributed by atoms with E-state index in [4.69, 9.17) is 11.6 Å². The lowest BCUT2D eigenvalue weighted by Gasteiger charge is -2.33. The normalized spacial score (nSPS) is 13.1. The van der Waals surface area contributed by atoms with E-state index in [9.17, 15) is 31.2 Å². The molecule has 2 amide bonds. The number of rotatable bonds is 11. The van der Waals surface area contributed by atoms with Gasteiger partial charge in [0, 0.05) is 30.1 Å². The molecule has 0 saturated heterocycles. The first-order valence-electron chi connectivity index (χ1n) is 12.4. The number of amides is 2. The molecule has 216 valence electrons. The molecule has 0 unspecified atom stereocenters. The van der Waals surface area contributed by atoms with Crippen molar-refractivity contribution in [3.63, 3.8) is 0 Å². The summed E-state index contributed by atoms with van der Waals surface area (Å²) < 4.78 is 65.3. The number of carbonyl (C=O) groups excluding carboxylic acids is 2. The SMILES string of the molecule is CC[C@H](C(=O)NC(C)(C)C)N(Cc1ccc(Cl)cc1)C(=O)CCCN(c1cccc(C(F)(F)F)c1)S(C)(=O)=O. The van der Waals surface area contributed by atoms with E-state index in [2.05, 4.69) is 5.32 Å². The Morgan fingerprint density at radius 1 is 1.05 bits per heavy atom. The van der Waals surface area contributed by atoms with Gasteiger partial charge in [0.25, 0.3) is 0 Å². The number of benzene rings is 2. The average molecular weight is 590 g/mol. The lowest BCUT2D eigenvalue weighted by Crippen LogP contribution is -2.53. The van der Waals surface area contributed by atoms with Crippen molar-refractivity contribution in [2.24, 2.45) is 0 Å². The Labute approximate surface area is 233 Å². The van der Waals surface area contributed by atoms with Gasteiger partial charge in [-0.1, -0.05) is 36.7 Å². The maximum atomic E-state index is 13.4. The maximum Gasteiger partial charge on any atom is 0.416 e. The third-order valence-corrected chi connectivity index (χ3v) is 7.21. The highest BCUT2D eigenvalue weighted by Crippen LogP contribution is 2.32. The molecule has 2 aromatic rings. The predicted molar refractivity (Wildman–Crippen MR) is 147 cm³/mol. The van der Waals surface area contributed by atoms with Crippen molar-refractivity contribution in [1.82, 2.24) is 10.2 Å². The second-order valence-electron chi connectivity index (χ2n) is 10.3. The molecular weight excluding hydrogens is 555 g/mol. The first-order valence-corrected chi connectivity index (χ1v) is 14.7. The van der Waals surface area contributed by atoms with Gasteiger partial charge in [0.15, 0.2) is 0 Å². The van der Waals surface area contributed by atoms with Crippen LogP contribution in [0.2, 0.25) is 5.02 Å². The van der Waals surface area contributed by atoms with Gasteiger partial charge in [-0.25, -0.2) is 8.42 Å². The predicted octanol–water partition coefficient (Wildman–Crippen LogP) is 5.63. The summed E-state index contributed by atoms with van der Waals surface area (Å²) in [5.41, 5.74) is -0.903. The summed E-state index contributed by atoms with van der Waals surface area (Å²) in [5.74, 6) is -0.715. The van der Waals surface area contributed by atoms with Crippen LogP contribution in [0.1, 0.15) is 58.1 Å². The van der Waals surface area contributed by atoms with Crippen LogP contribution in [0.3, 0.4) is 0 Å². The Bertz CT molecular complexity index is 1250. The van der Waals surface area contributed by atoms with E-state index < -0.39 is 39.3 Å². The van der Waals surface area contributed by atoms with Gasteiger partial charge >= 0.3 is 6.18 Å². The number of carbonyl (C=O) groups is 2. The third kappa shape index (κ3) is 10.0. The van der Waals surface area contributed by atoms with Gasteiger partial charge in [-0.2, -0.15) is 13.2 Å². The van der Waals surface area contributed by atoms with E-state index in [-0.39, 0.29) is 37.5 Å². The fourth-order valence-corrected chi connectivity index (χ4v) is 5.08. The van der Waals surface area contributed by atoms with Crippen LogP contribution in [0.25, 0.3) is 0 Å². The third-order valence-electron chi connectivity index (χ3n) is 5.76. The number of nitrogens with one attached hydrogen (secondary N) is 1. The van der Waals surface area contributed by atoms with Crippen molar-refractivity contribution in [3.05, 3.63) is 64.7 Å². The van der Waals surface area contributed by atoms with Gasteiger partial charge in [-0.05, 0) is 69.5 Å². The number of anilines is 1. The summed E-state index contributed by atoms with van der Waals surface area (Å²) in [6.45, 7) is 7.18. The van der Waals surface area contributed by atoms with Gasteiger partial charge in [0.1, 0.15) is 6.04 Å². The zero-order valence-electron chi connectivity index (χ0n) is 22.7. The van der Waals surface area contributed by atoms with Crippen molar-refractivity contribution in [3.8, 4) is 0 Å². The quantitative estimate of drug-likeness (QED) is 0.368. The fourth-order valence-electron chi connectivity index (χ4n) is 4.00. The molecule has 0 bridgehead atoms. The van der Waals surface area contributed by atoms with E-state index in [1.165, 1.54) is 11.0 Å². The van der Waals surface area contributed by atoms with Crippen molar-refractivity contribution in [2.75, 3.05) is 17.1 Å². The minimum Gasteiger partial charge on any atom is -0.350 e. The van der Waals surface area contributed by atoms with Gasteiger partial charge in [0.2, 0.25) is 21.8 Å². The van der Waals surface area contributed by atoms with E-state index in [1.807, 2.05) is 20.8 Å². The molecule has 39 heavy (non-hydrogen) atoms. The Morgan fingerprint density at radius 2 is 1.67 bits per heavy atom. The van der Waals surface area contributed by atoms with Gasteiger partial charge < -0.3 is 10.2 Å². The standard InChI is InChI=1S/C27H35ClF3N3O4S/c1-6-23(25(36)32-26(2,3)4)33(18-19-12-14-21(28)15-13-19)24(35)11-8-16-34(39(5,37)38)22-10-7-9-20(17-22)27(29,30)31/h7,9-10,12-15,17,23H,6,8,11,16,18H2,1-5H3,(H,32,36)/t23-/m1/s1. The lowest BCUT2D eigenvalue weighted by atomic mass is 10.0. The molecule has 0 heterocycles. The largest absolute Gasteiger partial charge is 0.416 e. The Morgan fingerprint density at radius 3 is 2.18 bits per heavy atom. The number of nitrogens with zero attached hydrogens (tertiary/aromatic N) is 2. The zero-order valence-corrected chi connectivity index (χ0v) is 24.3. The van der Waals surface area contributed by atoms with Crippen LogP contribution in [0.15, 0.2) is 48.5 Å². The Hall–Kier alpha value is -2.79. The Kier molecular flexibility index (Phi) is 10.8. The molecule has 2 rings (SSSR count). The van der Waals surface area contributed by atoms with Crippen LogP contribution in [-0.4, -0.2) is 49.5 Å². The minimum atomic E-state index is -4.64. The molecule has 0 aromatic heterocycles. The molecule has 0 radical (unpaired) electrons. The van der Waals surface area contributed by atoms with Crippen molar-refractivity contribution in [2.45, 2.75) is 71.3 Å². The highest BCUT2D eigenvalue weighted by atomic mass is 35.5. The first-order chi connectivity index (χ1) is 17.9. The Balaban J connectivity index is 2.27. The molecule has 1 atom stereocenters. The summed E-state index contributed by atoms with van der Waals surface area (Å²) in [4.78, 5) is 28.0. The first kappa shape index (κ1) is 32.4. The number of sulfonamides is 1. The molecule has 0 spiro atoms. The lowest BCUT2D eigenvalue weighted by molar-refractivity contribution is -0.142. The summed E-state index contributed by atoms with van der Waals surface area (Å²) in [7, 11) is -3.94. The van der Waals surface area contributed by atoms with E-state index in [0.29, 0.717) is 11.4 Å². The van der Waals surface area contributed by atoms with E-state index >= 15 is 0 Å². The highest BCUT2D eigenvalue weighted by molar-refractivity contribution is 7.92. The number of halogens is 4. The molecule has 12 heteroatoms. The molecule has 0 aliphatic rings. The van der Waals surface area contributed by atoms with Crippen LogP contribution in [0.4, 0.5) is 18.9 Å².